The number of para-hydroxylation sites is 1. The molecule has 0 unspecified atom stereocenters. The van der Waals surface area contributed by atoms with Crippen LogP contribution in [0.3, 0.4) is 0 Å². The van der Waals surface area contributed by atoms with Gasteiger partial charge in [0.2, 0.25) is 0 Å². The van der Waals surface area contributed by atoms with Gasteiger partial charge in [-0.3, -0.25) is 4.79 Å². The minimum atomic E-state index is -0.293. The third kappa shape index (κ3) is 5.47. The van der Waals surface area contributed by atoms with Crippen LogP contribution in [-0.4, -0.2) is 11.4 Å². The molecule has 1 aliphatic rings. The zero-order valence-corrected chi connectivity index (χ0v) is 17.9. The van der Waals surface area contributed by atoms with Crippen LogP contribution in [-0.2, 0) is 17.8 Å². The van der Waals surface area contributed by atoms with Crippen molar-refractivity contribution in [3.8, 4) is 5.75 Å². The van der Waals surface area contributed by atoms with E-state index in [9.17, 15) is 9.18 Å². The molecule has 1 atom stereocenters. The molecule has 0 aliphatic carbocycles. The summed E-state index contributed by atoms with van der Waals surface area (Å²) in [5.41, 5.74) is 3.52. The number of carbonyl (C=O) groups is 1. The van der Waals surface area contributed by atoms with E-state index in [4.69, 9.17) is 4.74 Å². The Balaban J connectivity index is 1.44. The Bertz CT molecular complexity index is 1100. The number of ether oxygens (including phenoxy) is 1. The topological polar surface area (TPSA) is 50.4 Å². The van der Waals surface area contributed by atoms with Crippen LogP contribution in [0.4, 0.5) is 10.1 Å². The lowest BCUT2D eigenvalue weighted by Gasteiger charge is -2.13. The van der Waals surface area contributed by atoms with E-state index in [0.717, 1.165) is 23.2 Å². The number of nitrogens with one attached hydrogen (secondary N) is 2. The summed E-state index contributed by atoms with van der Waals surface area (Å²) < 4.78 is 19.3. The highest BCUT2D eigenvalue weighted by Gasteiger charge is 2.27. The van der Waals surface area contributed by atoms with Gasteiger partial charge >= 0.3 is 0 Å². The third-order valence-corrected chi connectivity index (χ3v) is 5.91. The van der Waals surface area contributed by atoms with E-state index >= 15 is 0 Å². The van der Waals surface area contributed by atoms with Gasteiger partial charge in [0.1, 0.15) is 18.2 Å². The maximum atomic E-state index is 13.4. The van der Waals surface area contributed by atoms with Gasteiger partial charge in [-0.2, -0.15) is 0 Å². The number of hydrogen-bond acceptors (Lipinski definition) is 4. The van der Waals surface area contributed by atoms with Crippen molar-refractivity contribution in [1.29, 1.82) is 0 Å². The Hall–Kier alpha value is -3.25. The molecule has 1 fully saturated rings. The Morgan fingerprint density at radius 1 is 1.06 bits per heavy atom. The summed E-state index contributed by atoms with van der Waals surface area (Å²) in [4.78, 5) is 13.1. The lowest BCUT2D eigenvalue weighted by atomic mass is 10.1. The first-order chi connectivity index (χ1) is 15.1. The zero-order valence-electron chi connectivity index (χ0n) is 17.1. The van der Waals surface area contributed by atoms with Crippen molar-refractivity contribution in [2.24, 2.45) is 0 Å². The fraction of sp³-hybridized carbons (Fsp3) is 0.160. The first-order valence-electron chi connectivity index (χ1n) is 10.1. The van der Waals surface area contributed by atoms with E-state index in [0.29, 0.717) is 10.7 Å². The fourth-order valence-corrected chi connectivity index (χ4v) is 4.19. The van der Waals surface area contributed by atoms with Crippen molar-refractivity contribution in [2.45, 2.75) is 25.4 Å². The second kappa shape index (κ2) is 9.71. The highest BCUT2D eigenvalue weighted by atomic mass is 32.2. The Morgan fingerprint density at radius 2 is 1.87 bits per heavy atom. The van der Waals surface area contributed by atoms with Gasteiger partial charge in [0.15, 0.2) is 5.50 Å². The maximum absolute atomic E-state index is 13.4. The molecule has 4 rings (SSSR count). The monoisotopic (exact) mass is 434 g/mol. The summed E-state index contributed by atoms with van der Waals surface area (Å²) >= 11 is 1.43. The predicted molar refractivity (Wildman–Crippen MR) is 124 cm³/mol. The molecule has 1 saturated heterocycles. The Labute approximate surface area is 185 Å². The smallest absolute Gasteiger partial charge is 0.260 e. The number of thioether (sulfide) groups is 1. The average molecular weight is 435 g/mol. The van der Waals surface area contributed by atoms with Crippen molar-refractivity contribution in [1.82, 2.24) is 5.32 Å². The number of hydrogen-bond donors (Lipinski definition) is 2. The number of amides is 1. The van der Waals surface area contributed by atoms with Gasteiger partial charge in [0.05, 0.1) is 4.91 Å². The van der Waals surface area contributed by atoms with Crippen molar-refractivity contribution >= 4 is 29.4 Å². The highest BCUT2D eigenvalue weighted by molar-refractivity contribution is 8.05. The SMILES string of the molecule is CCc1ccc(N[C@H]2NC(=O)/C(=C/c3ccccc3OCc3cccc(F)c3)S2)cc1. The highest BCUT2D eigenvalue weighted by Crippen LogP contribution is 2.32. The number of benzene rings is 3. The number of anilines is 1. The lowest BCUT2D eigenvalue weighted by Crippen LogP contribution is -2.30. The second-order valence-electron chi connectivity index (χ2n) is 7.13. The quantitative estimate of drug-likeness (QED) is 0.478. The molecule has 0 bridgehead atoms. The summed E-state index contributed by atoms with van der Waals surface area (Å²) in [5.74, 6) is 0.213. The molecular formula is C25H23FN2O2S. The number of aryl methyl sites for hydroxylation is 1. The van der Waals surface area contributed by atoms with E-state index in [1.165, 1.54) is 29.5 Å². The van der Waals surface area contributed by atoms with Crippen LogP contribution in [0, 0.1) is 5.82 Å². The normalized spacial score (nSPS) is 16.9. The molecule has 2 N–H and O–H groups in total. The van der Waals surface area contributed by atoms with Crippen LogP contribution in [0.2, 0.25) is 0 Å². The van der Waals surface area contributed by atoms with E-state index < -0.39 is 0 Å². The van der Waals surface area contributed by atoms with E-state index in [1.807, 2.05) is 48.5 Å². The first-order valence-corrected chi connectivity index (χ1v) is 11.0. The van der Waals surface area contributed by atoms with Crippen LogP contribution in [0.25, 0.3) is 6.08 Å². The molecule has 0 spiro atoms. The number of rotatable bonds is 7. The van der Waals surface area contributed by atoms with Gasteiger partial charge in [0, 0.05) is 11.3 Å². The van der Waals surface area contributed by atoms with Crippen molar-refractivity contribution < 1.29 is 13.9 Å². The van der Waals surface area contributed by atoms with Crippen molar-refractivity contribution in [2.75, 3.05) is 5.32 Å². The largest absolute Gasteiger partial charge is 0.488 e. The maximum Gasteiger partial charge on any atom is 0.260 e. The molecule has 4 nitrogen and oxygen atoms in total. The summed E-state index contributed by atoms with van der Waals surface area (Å²) in [6.07, 6.45) is 2.81. The molecule has 31 heavy (non-hydrogen) atoms. The van der Waals surface area contributed by atoms with Crippen LogP contribution in [0.5, 0.6) is 5.75 Å². The molecular weight excluding hydrogens is 411 g/mol. The van der Waals surface area contributed by atoms with Crippen LogP contribution in [0.15, 0.2) is 77.7 Å². The molecule has 0 aromatic heterocycles. The van der Waals surface area contributed by atoms with Crippen molar-refractivity contribution in [3.05, 3.63) is 100 Å². The van der Waals surface area contributed by atoms with Gasteiger partial charge in [-0.25, -0.2) is 4.39 Å². The first kappa shape index (κ1) is 21.0. The zero-order chi connectivity index (χ0) is 21.6. The third-order valence-electron chi connectivity index (χ3n) is 4.88. The molecule has 6 heteroatoms. The van der Waals surface area contributed by atoms with Gasteiger partial charge in [0.25, 0.3) is 5.91 Å². The standard InChI is InChI=1S/C25H23FN2O2S/c1-2-17-10-12-21(13-11-17)27-25-28-24(29)23(31-25)15-19-7-3-4-9-22(19)30-16-18-6-5-8-20(26)14-18/h3-15,25,27H,2,16H2,1H3,(H,28,29)/b23-15-/t25-/m0/s1. The van der Waals surface area contributed by atoms with Gasteiger partial charge in [-0.1, -0.05) is 61.2 Å². The summed E-state index contributed by atoms with van der Waals surface area (Å²) in [6, 6.07) is 22.0. The fourth-order valence-electron chi connectivity index (χ4n) is 3.21. The molecule has 3 aromatic rings. The molecule has 158 valence electrons. The lowest BCUT2D eigenvalue weighted by molar-refractivity contribution is -0.116. The van der Waals surface area contributed by atoms with E-state index in [2.05, 4.69) is 29.7 Å². The van der Waals surface area contributed by atoms with E-state index in [1.54, 1.807) is 6.07 Å². The van der Waals surface area contributed by atoms with Gasteiger partial charge in [-0.05, 0) is 54.0 Å². The van der Waals surface area contributed by atoms with Crippen LogP contribution >= 0.6 is 11.8 Å². The summed E-state index contributed by atoms with van der Waals surface area (Å²) in [6.45, 7) is 2.36. The average Bonchev–Trinajstić information content (AvgIpc) is 3.12. The molecule has 1 heterocycles. The molecule has 1 amide bonds. The molecule has 3 aromatic carbocycles. The van der Waals surface area contributed by atoms with Crippen molar-refractivity contribution in [3.63, 3.8) is 0 Å². The van der Waals surface area contributed by atoms with E-state index in [-0.39, 0.29) is 23.8 Å². The second-order valence-corrected chi connectivity index (χ2v) is 8.28. The Kier molecular flexibility index (Phi) is 6.57. The summed E-state index contributed by atoms with van der Waals surface area (Å²) in [5, 5.41) is 6.28. The minimum absolute atomic E-state index is 0.132. The predicted octanol–water partition coefficient (Wildman–Crippen LogP) is 5.57. The summed E-state index contributed by atoms with van der Waals surface area (Å²) in [7, 11) is 0. The van der Waals surface area contributed by atoms with Crippen LogP contribution < -0.4 is 15.4 Å². The molecule has 1 aliphatic heterocycles. The number of carbonyl (C=O) groups excluding carboxylic acids is 1. The molecule has 0 radical (unpaired) electrons. The van der Waals surface area contributed by atoms with Gasteiger partial charge < -0.3 is 15.4 Å². The number of halogens is 1. The molecule has 0 saturated carbocycles. The Morgan fingerprint density at radius 3 is 2.65 bits per heavy atom. The van der Waals surface area contributed by atoms with Crippen LogP contribution in [0.1, 0.15) is 23.6 Å². The van der Waals surface area contributed by atoms with Gasteiger partial charge in [-0.15, -0.1) is 0 Å². The minimum Gasteiger partial charge on any atom is -0.488 e.